The van der Waals surface area contributed by atoms with Crippen LogP contribution >= 0.6 is 11.8 Å². The number of hydrogen-bond donors (Lipinski definition) is 1. The molecule has 1 amide bonds. The van der Waals surface area contributed by atoms with Crippen LogP contribution in [0.3, 0.4) is 0 Å². The summed E-state index contributed by atoms with van der Waals surface area (Å²) in [5.74, 6) is 1.32. The molecule has 0 aromatic carbocycles. The Balaban J connectivity index is 2.34. The maximum absolute atomic E-state index is 11.9. The first kappa shape index (κ1) is 14.8. The minimum absolute atomic E-state index is 0.176. The van der Waals surface area contributed by atoms with Gasteiger partial charge in [0.05, 0.1) is 6.54 Å². The van der Waals surface area contributed by atoms with Crippen LogP contribution < -0.4 is 5.32 Å². The van der Waals surface area contributed by atoms with Crippen LogP contribution in [0.1, 0.15) is 40.0 Å². The van der Waals surface area contributed by atoms with E-state index in [-0.39, 0.29) is 5.91 Å². The first-order valence-corrected chi connectivity index (χ1v) is 7.70. The summed E-state index contributed by atoms with van der Waals surface area (Å²) in [6.45, 7) is 6.92. The molecule has 0 bridgehead atoms. The zero-order chi connectivity index (χ0) is 12.8. The van der Waals surface area contributed by atoms with Crippen molar-refractivity contribution in [3.05, 3.63) is 0 Å². The van der Waals surface area contributed by atoms with E-state index in [1.165, 1.54) is 12.8 Å². The van der Waals surface area contributed by atoms with E-state index in [4.69, 9.17) is 0 Å². The van der Waals surface area contributed by atoms with Gasteiger partial charge in [-0.25, -0.2) is 0 Å². The van der Waals surface area contributed by atoms with Crippen LogP contribution in [0.4, 0.5) is 0 Å². The highest BCUT2D eigenvalue weighted by atomic mass is 32.2. The first-order valence-electron chi connectivity index (χ1n) is 6.65. The van der Waals surface area contributed by atoms with Crippen molar-refractivity contribution in [2.75, 3.05) is 19.3 Å². The second kappa shape index (κ2) is 7.27. The van der Waals surface area contributed by atoms with E-state index in [0.717, 1.165) is 12.2 Å². The molecule has 1 saturated carbocycles. The second-order valence-corrected chi connectivity index (χ2v) is 6.62. The number of amides is 1. The number of nitrogens with one attached hydrogen (secondary N) is 1. The monoisotopic (exact) mass is 258 g/mol. The fraction of sp³-hybridized carbons (Fsp3) is 0.923. The first-order chi connectivity index (χ1) is 8.04. The summed E-state index contributed by atoms with van der Waals surface area (Å²) in [4.78, 5) is 14.0. The van der Waals surface area contributed by atoms with Gasteiger partial charge in [0.15, 0.2) is 0 Å². The lowest BCUT2D eigenvalue weighted by Gasteiger charge is -2.24. The Kier molecular flexibility index (Phi) is 6.34. The number of carbonyl (C=O) groups excluding carboxylic acids is 1. The van der Waals surface area contributed by atoms with Crippen molar-refractivity contribution >= 4 is 17.7 Å². The molecule has 0 radical (unpaired) electrons. The third-order valence-electron chi connectivity index (χ3n) is 3.45. The standard InChI is InChI=1S/C13H26N2OS/c1-5-17-12-8-6-7-11(12)14-13(16)9-15(4)10(2)3/h10-12H,5-9H2,1-4H3,(H,14,16). The number of nitrogens with zero attached hydrogens (tertiary/aromatic N) is 1. The van der Waals surface area contributed by atoms with Crippen LogP contribution in [0, 0.1) is 0 Å². The lowest BCUT2D eigenvalue weighted by atomic mass is 10.2. The molecular formula is C13H26N2OS. The van der Waals surface area contributed by atoms with Crippen LogP contribution in [-0.4, -0.2) is 47.5 Å². The van der Waals surface area contributed by atoms with Gasteiger partial charge in [0.2, 0.25) is 5.91 Å². The van der Waals surface area contributed by atoms with Crippen molar-refractivity contribution in [2.24, 2.45) is 0 Å². The van der Waals surface area contributed by atoms with Gasteiger partial charge in [-0.15, -0.1) is 0 Å². The van der Waals surface area contributed by atoms with E-state index in [1.807, 2.05) is 18.8 Å². The average molecular weight is 258 g/mol. The maximum Gasteiger partial charge on any atom is 0.234 e. The summed E-state index contributed by atoms with van der Waals surface area (Å²) in [5, 5.41) is 3.83. The highest BCUT2D eigenvalue weighted by Crippen LogP contribution is 2.29. The number of rotatable bonds is 6. The summed E-state index contributed by atoms with van der Waals surface area (Å²) >= 11 is 1.99. The number of thioether (sulfide) groups is 1. The summed E-state index contributed by atoms with van der Waals surface area (Å²) in [5.41, 5.74) is 0. The lowest BCUT2D eigenvalue weighted by Crippen LogP contribution is -2.44. The van der Waals surface area contributed by atoms with Crippen molar-refractivity contribution in [3.8, 4) is 0 Å². The molecule has 1 fully saturated rings. The van der Waals surface area contributed by atoms with Crippen LogP contribution in [0.5, 0.6) is 0 Å². The molecule has 1 rings (SSSR count). The molecule has 0 aromatic rings. The average Bonchev–Trinajstić information content (AvgIpc) is 2.66. The van der Waals surface area contributed by atoms with Crippen LogP contribution in [0.2, 0.25) is 0 Å². The molecular weight excluding hydrogens is 232 g/mol. The van der Waals surface area contributed by atoms with Gasteiger partial charge >= 0.3 is 0 Å². The molecule has 0 saturated heterocycles. The molecule has 0 spiro atoms. The Morgan fingerprint density at radius 3 is 2.76 bits per heavy atom. The molecule has 1 N–H and O–H groups in total. The third-order valence-corrected chi connectivity index (χ3v) is 4.78. The molecule has 0 aliphatic heterocycles. The molecule has 100 valence electrons. The van der Waals surface area contributed by atoms with Gasteiger partial charge in [-0.1, -0.05) is 13.3 Å². The van der Waals surface area contributed by atoms with Crippen molar-refractivity contribution in [3.63, 3.8) is 0 Å². The molecule has 2 atom stereocenters. The molecule has 0 heterocycles. The number of carbonyl (C=O) groups is 1. The zero-order valence-electron chi connectivity index (χ0n) is 11.5. The van der Waals surface area contributed by atoms with Gasteiger partial charge in [0.1, 0.15) is 0 Å². The largest absolute Gasteiger partial charge is 0.351 e. The van der Waals surface area contributed by atoms with E-state index in [0.29, 0.717) is 23.9 Å². The zero-order valence-corrected chi connectivity index (χ0v) is 12.3. The minimum Gasteiger partial charge on any atom is -0.351 e. The minimum atomic E-state index is 0.176. The van der Waals surface area contributed by atoms with Crippen LogP contribution in [0.25, 0.3) is 0 Å². The van der Waals surface area contributed by atoms with Gasteiger partial charge < -0.3 is 5.32 Å². The lowest BCUT2D eigenvalue weighted by molar-refractivity contribution is -0.122. The Morgan fingerprint density at radius 2 is 2.18 bits per heavy atom. The van der Waals surface area contributed by atoms with Crippen LogP contribution in [0.15, 0.2) is 0 Å². The number of likely N-dealkylation sites (N-methyl/N-ethyl adjacent to an activating group) is 1. The SMILES string of the molecule is CCSC1CCCC1NC(=O)CN(C)C(C)C. The van der Waals surface area contributed by atoms with E-state index in [9.17, 15) is 4.79 Å². The van der Waals surface area contributed by atoms with Gasteiger partial charge in [0.25, 0.3) is 0 Å². The fourth-order valence-electron chi connectivity index (χ4n) is 2.17. The van der Waals surface area contributed by atoms with Gasteiger partial charge in [-0.3, -0.25) is 9.69 Å². The predicted molar refractivity (Wildman–Crippen MR) is 75.5 cm³/mol. The van der Waals surface area contributed by atoms with E-state index >= 15 is 0 Å². The van der Waals surface area contributed by atoms with E-state index in [2.05, 4.69) is 31.0 Å². The summed E-state index contributed by atoms with van der Waals surface area (Å²) in [6, 6.07) is 0.818. The molecule has 2 unspecified atom stereocenters. The van der Waals surface area contributed by atoms with Crippen LogP contribution in [-0.2, 0) is 4.79 Å². The van der Waals surface area contributed by atoms with Gasteiger partial charge in [-0.05, 0) is 39.5 Å². The summed E-state index contributed by atoms with van der Waals surface area (Å²) in [7, 11) is 2.00. The Bertz CT molecular complexity index is 246. The highest BCUT2D eigenvalue weighted by Gasteiger charge is 2.28. The smallest absolute Gasteiger partial charge is 0.234 e. The van der Waals surface area contributed by atoms with Gasteiger partial charge in [0, 0.05) is 17.3 Å². The fourth-order valence-corrected chi connectivity index (χ4v) is 3.36. The van der Waals surface area contributed by atoms with Crippen molar-refractivity contribution in [1.29, 1.82) is 0 Å². The van der Waals surface area contributed by atoms with Crippen molar-refractivity contribution < 1.29 is 4.79 Å². The topological polar surface area (TPSA) is 32.3 Å². The molecule has 17 heavy (non-hydrogen) atoms. The Labute approximate surface area is 110 Å². The number of hydrogen-bond acceptors (Lipinski definition) is 3. The highest BCUT2D eigenvalue weighted by molar-refractivity contribution is 7.99. The molecule has 0 aromatic heterocycles. The molecule has 4 heteroatoms. The second-order valence-electron chi connectivity index (χ2n) is 5.11. The maximum atomic E-state index is 11.9. The van der Waals surface area contributed by atoms with Crippen molar-refractivity contribution in [1.82, 2.24) is 10.2 Å². The molecule has 1 aliphatic carbocycles. The Morgan fingerprint density at radius 1 is 1.47 bits per heavy atom. The predicted octanol–water partition coefficient (Wildman–Crippen LogP) is 2.12. The summed E-state index contributed by atoms with van der Waals surface area (Å²) < 4.78 is 0. The molecule has 3 nitrogen and oxygen atoms in total. The van der Waals surface area contributed by atoms with Crippen molar-refractivity contribution in [2.45, 2.75) is 57.4 Å². The molecule has 1 aliphatic rings. The van der Waals surface area contributed by atoms with E-state index in [1.54, 1.807) is 0 Å². The van der Waals surface area contributed by atoms with Gasteiger partial charge in [-0.2, -0.15) is 11.8 Å². The normalized spacial score (nSPS) is 24.6. The third kappa shape index (κ3) is 4.88. The quantitative estimate of drug-likeness (QED) is 0.792. The van der Waals surface area contributed by atoms with E-state index < -0.39 is 0 Å². The Hall–Kier alpha value is -0.220. The summed E-state index contributed by atoms with van der Waals surface area (Å²) in [6.07, 6.45) is 3.65.